The maximum absolute atomic E-state index is 6.03. The van der Waals surface area contributed by atoms with Crippen molar-refractivity contribution in [3.63, 3.8) is 0 Å². The van der Waals surface area contributed by atoms with Gasteiger partial charge in [-0.2, -0.15) is 0 Å². The normalized spacial score (nSPS) is 10.4. The molecule has 1 aromatic rings. The number of hydrogen-bond donors (Lipinski definition) is 1. The highest BCUT2D eigenvalue weighted by Crippen LogP contribution is 2.34. The Morgan fingerprint density at radius 1 is 1.27 bits per heavy atom. The summed E-state index contributed by atoms with van der Waals surface area (Å²) in [5, 5.41) is 1.05. The van der Waals surface area contributed by atoms with Crippen molar-refractivity contribution in [1.29, 1.82) is 0 Å². The summed E-state index contributed by atoms with van der Waals surface area (Å²) in [6.07, 6.45) is 2.07. The third kappa shape index (κ3) is 3.56. The molecule has 0 aromatic heterocycles. The molecule has 0 spiro atoms. The third-order valence-corrected chi connectivity index (χ3v) is 2.60. The van der Waals surface area contributed by atoms with Crippen molar-refractivity contribution in [2.45, 2.75) is 26.3 Å². The van der Waals surface area contributed by atoms with Gasteiger partial charge in [-0.3, -0.25) is 0 Å². The molecule has 1 rings (SSSR count). The average molecular weight is 248 g/mol. The number of hydrogen-bond acceptors (Lipinski definition) is 2. The molecule has 0 aliphatic rings. The second-order valence-electron chi connectivity index (χ2n) is 3.29. The number of ether oxygens (including phenoxy) is 1. The largest absolute Gasteiger partial charge is 0.490 e. The Kier molecular flexibility index (Phi) is 5.23. The Morgan fingerprint density at radius 3 is 2.33 bits per heavy atom. The summed E-state index contributed by atoms with van der Waals surface area (Å²) in [7, 11) is 0. The molecule has 15 heavy (non-hydrogen) atoms. The van der Waals surface area contributed by atoms with Gasteiger partial charge in [0.05, 0.1) is 16.7 Å². The molecular weight excluding hydrogens is 233 g/mol. The van der Waals surface area contributed by atoms with E-state index in [1.54, 1.807) is 12.1 Å². The van der Waals surface area contributed by atoms with Gasteiger partial charge in [0.2, 0.25) is 0 Å². The minimum absolute atomic E-state index is 0.425. The maximum atomic E-state index is 6.03. The molecule has 0 saturated carbocycles. The van der Waals surface area contributed by atoms with E-state index in [1.807, 2.05) is 0 Å². The van der Waals surface area contributed by atoms with Crippen LogP contribution in [-0.2, 0) is 6.54 Å². The predicted octanol–water partition coefficient (Wildman–Crippen LogP) is 3.63. The van der Waals surface area contributed by atoms with Crippen LogP contribution in [0.1, 0.15) is 25.3 Å². The first kappa shape index (κ1) is 12.6. The maximum Gasteiger partial charge on any atom is 0.156 e. The van der Waals surface area contributed by atoms with Gasteiger partial charge in [-0.15, -0.1) is 0 Å². The van der Waals surface area contributed by atoms with Crippen molar-refractivity contribution in [2.24, 2.45) is 5.73 Å². The number of rotatable bonds is 5. The first-order valence-electron chi connectivity index (χ1n) is 4.99. The summed E-state index contributed by atoms with van der Waals surface area (Å²) >= 11 is 12.1. The van der Waals surface area contributed by atoms with Crippen molar-refractivity contribution in [3.8, 4) is 5.75 Å². The van der Waals surface area contributed by atoms with Crippen molar-refractivity contribution >= 4 is 23.2 Å². The van der Waals surface area contributed by atoms with Crippen LogP contribution in [0.5, 0.6) is 5.75 Å². The summed E-state index contributed by atoms with van der Waals surface area (Å²) in [4.78, 5) is 0. The highest BCUT2D eigenvalue weighted by atomic mass is 35.5. The minimum Gasteiger partial charge on any atom is -0.490 e. The molecule has 0 saturated heterocycles. The quantitative estimate of drug-likeness (QED) is 0.807. The Labute approximate surface area is 100 Å². The Balaban J connectivity index is 2.79. The van der Waals surface area contributed by atoms with E-state index in [9.17, 15) is 0 Å². The molecule has 84 valence electrons. The molecule has 0 unspecified atom stereocenters. The van der Waals surface area contributed by atoms with E-state index in [-0.39, 0.29) is 0 Å². The molecule has 4 heteroatoms. The van der Waals surface area contributed by atoms with Gasteiger partial charge in [0.1, 0.15) is 0 Å². The van der Waals surface area contributed by atoms with E-state index >= 15 is 0 Å². The molecule has 0 aliphatic carbocycles. The highest BCUT2D eigenvalue weighted by Gasteiger charge is 2.08. The zero-order chi connectivity index (χ0) is 11.3. The van der Waals surface area contributed by atoms with Crippen molar-refractivity contribution < 1.29 is 4.74 Å². The molecule has 0 radical (unpaired) electrons. The molecule has 0 bridgehead atoms. The number of benzene rings is 1. The van der Waals surface area contributed by atoms with Crippen molar-refractivity contribution in [2.75, 3.05) is 6.61 Å². The lowest BCUT2D eigenvalue weighted by atomic mass is 10.2. The van der Waals surface area contributed by atoms with Crippen LogP contribution in [0.3, 0.4) is 0 Å². The van der Waals surface area contributed by atoms with Crippen molar-refractivity contribution in [3.05, 3.63) is 27.7 Å². The highest BCUT2D eigenvalue weighted by molar-refractivity contribution is 6.37. The van der Waals surface area contributed by atoms with E-state index < -0.39 is 0 Å². The second-order valence-corrected chi connectivity index (χ2v) is 4.11. The second kappa shape index (κ2) is 6.21. The summed E-state index contributed by atoms with van der Waals surface area (Å²) in [6.45, 7) is 3.16. The summed E-state index contributed by atoms with van der Waals surface area (Å²) in [6, 6.07) is 3.57. The van der Waals surface area contributed by atoms with Crippen LogP contribution in [0, 0.1) is 0 Å². The average Bonchev–Trinajstić information content (AvgIpc) is 2.22. The van der Waals surface area contributed by atoms with Gasteiger partial charge in [-0.25, -0.2) is 0 Å². The van der Waals surface area contributed by atoms with Crippen LogP contribution in [-0.4, -0.2) is 6.61 Å². The van der Waals surface area contributed by atoms with E-state index in [0.29, 0.717) is 28.9 Å². The topological polar surface area (TPSA) is 35.2 Å². The number of unbranched alkanes of at least 4 members (excludes halogenated alkanes) is 1. The summed E-state index contributed by atoms with van der Waals surface area (Å²) < 4.78 is 5.50. The van der Waals surface area contributed by atoms with Crippen LogP contribution in [0.25, 0.3) is 0 Å². The molecule has 1 aromatic carbocycles. The van der Waals surface area contributed by atoms with Gasteiger partial charge in [0.25, 0.3) is 0 Å². The fourth-order valence-electron chi connectivity index (χ4n) is 1.19. The Morgan fingerprint density at radius 2 is 1.87 bits per heavy atom. The van der Waals surface area contributed by atoms with Gasteiger partial charge < -0.3 is 10.5 Å². The molecule has 0 aliphatic heterocycles. The zero-order valence-corrected chi connectivity index (χ0v) is 10.2. The molecular formula is C11H15Cl2NO. The first-order chi connectivity index (χ1) is 7.19. The monoisotopic (exact) mass is 247 g/mol. The van der Waals surface area contributed by atoms with Gasteiger partial charge in [-0.05, 0) is 24.1 Å². The number of halogens is 2. The fourth-order valence-corrected chi connectivity index (χ4v) is 1.83. The summed E-state index contributed by atoms with van der Waals surface area (Å²) in [5.41, 5.74) is 6.41. The van der Waals surface area contributed by atoms with Crippen LogP contribution in [0.4, 0.5) is 0 Å². The standard InChI is InChI=1S/C11H15Cl2NO/c1-2-3-4-15-11-9(12)5-8(7-14)6-10(11)13/h5-6H,2-4,7,14H2,1H3. The molecule has 0 atom stereocenters. The molecule has 0 heterocycles. The lowest BCUT2D eigenvalue weighted by molar-refractivity contribution is 0.309. The number of nitrogens with two attached hydrogens (primary N) is 1. The van der Waals surface area contributed by atoms with Crippen molar-refractivity contribution in [1.82, 2.24) is 0 Å². The van der Waals surface area contributed by atoms with E-state index in [2.05, 4.69) is 6.92 Å². The molecule has 0 amide bonds. The zero-order valence-electron chi connectivity index (χ0n) is 8.72. The van der Waals surface area contributed by atoms with E-state index in [4.69, 9.17) is 33.7 Å². The Bertz CT molecular complexity index is 305. The van der Waals surface area contributed by atoms with Gasteiger partial charge in [0.15, 0.2) is 5.75 Å². The van der Waals surface area contributed by atoms with Gasteiger partial charge in [0, 0.05) is 6.54 Å². The Hall–Kier alpha value is -0.440. The molecule has 0 fully saturated rings. The van der Waals surface area contributed by atoms with E-state index in [0.717, 1.165) is 18.4 Å². The smallest absolute Gasteiger partial charge is 0.156 e. The lowest BCUT2D eigenvalue weighted by Gasteiger charge is -2.10. The van der Waals surface area contributed by atoms with Crippen LogP contribution in [0.15, 0.2) is 12.1 Å². The minimum atomic E-state index is 0.425. The predicted molar refractivity (Wildman–Crippen MR) is 64.8 cm³/mol. The van der Waals surface area contributed by atoms with Crippen LogP contribution < -0.4 is 10.5 Å². The SMILES string of the molecule is CCCCOc1c(Cl)cc(CN)cc1Cl. The lowest BCUT2D eigenvalue weighted by Crippen LogP contribution is -2.00. The van der Waals surface area contributed by atoms with Gasteiger partial charge in [-0.1, -0.05) is 36.5 Å². The molecule has 2 nitrogen and oxygen atoms in total. The summed E-state index contributed by atoms with van der Waals surface area (Å²) in [5.74, 6) is 0.559. The van der Waals surface area contributed by atoms with E-state index in [1.165, 1.54) is 0 Å². The molecule has 2 N–H and O–H groups in total. The van der Waals surface area contributed by atoms with Gasteiger partial charge >= 0.3 is 0 Å². The van der Waals surface area contributed by atoms with Crippen LogP contribution >= 0.6 is 23.2 Å². The first-order valence-corrected chi connectivity index (χ1v) is 5.75. The van der Waals surface area contributed by atoms with Crippen LogP contribution in [0.2, 0.25) is 10.0 Å². The fraction of sp³-hybridized carbons (Fsp3) is 0.455. The third-order valence-electron chi connectivity index (χ3n) is 2.04.